The van der Waals surface area contributed by atoms with Crippen LogP contribution in [0.25, 0.3) is 10.9 Å². The number of fused-ring (bicyclic) bond motifs is 2. The summed E-state index contributed by atoms with van der Waals surface area (Å²) in [5, 5.41) is 10.6. The van der Waals surface area contributed by atoms with Crippen LogP contribution in [0.1, 0.15) is 36.8 Å². The summed E-state index contributed by atoms with van der Waals surface area (Å²) < 4.78 is 13.9. The monoisotopic (exact) mass is 485 g/mol. The lowest BCUT2D eigenvalue weighted by atomic mass is 9.83. The second-order valence-electron chi connectivity index (χ2n) is 10.5. The maximum atomic E-state index is 13.9. The van der Waals surface area contributed by atoms with Gasteiger partial charge in [-0.2, -0.15) is 5.26 Å². The molecule has 36 heavy (non-hydrogen) atoms. The number of rotatable bonds is 3. The van der Waals surface area contributed by atoms with E-state index in [1.54, 1.807) is 6.20 Å². The van der Waals surface area contributed by atoms with Gasteiger partial charge in [-0.1, -0.05) is 6.07 Å². The molecule has 7 nitrogen and oxygen atoms in total. The van der Waals surface area contributed by atoms with E-state index in [0.717, 1.165) is 54.9 Å². The summed E-state index contributed by atoms with van der Waals surface area (Å²) in [6.07, 6.45) is 4.95. The molecule has 186 valence electrons. The van der Waals surface area contributed by atoms with Gasteiger partial charge < -0.3 is 15.5 Å². The Morgan fingerprint density at radius 3 is 2.69 bits per heavy atom. The van der Waals surface area contributed by atoms with Gasteiger partial charge in [-0.3, -0.25) is 9.88 Å². The molecule has 0 spiro atoms. The molecule has 0 bridgehead atoms. The lowest BCUT2D eigenvalue weighted by molar-refractivity contribution is 0.0765. The number of nitrogens with zero attached hydrogens (tertiary/aromatic N) is 6. The first kappa shape index (κ1) is 23.1. The summed E-state index contributed by atoms with van der Waals surface area (Å²) >= 11 is 0. The van der Waals surface area contributed by atoms with Gasteiger partial charge >= 0.3 is 0 Å². The zero-order chi connectivity index (χ0) is 24.8. The topological polar surface area (TPSA) is 85.3 Å². The van der Waals surface area contributed by atoms with Gasteiger partial charge in [0.15, 0.2) is 0 Å². The van der Waals surface area contributed by atoms with Crippen LogP contribution in [0.3, 0.4) is 0 Å². The molecular weight excluding hydrogens is 453 g/mol. The van der Waals surface area contributed by atoms with E-state index in [-0.39, 0.29) is 0 Å². The number of benzene rings is 1. The number of halogens is 1. The molecule has 0 saturated carbocycles. The number of piperidine rings is 1. The van der Waals surface area contributed by atoms with Crippen LogP contribution in [0.4, 0.5) is 15.9 Å². The molecule has 5 heterocycles. The van der Waals surface area contributed by atoms with E-state index in [1.807, 2.05) is 29.3 Å². The van der Waals surface area contributed by atoms with E-state index in [2.05, 4.69) is 51.0 Å². The molecule has 3 saturated heterocycles. The van der Waals surface area contributed by atoms with Crippen LogP contribution in [0.15, 0.2) is 48.8 Å². The number of nitriles is 1. The van der Waals surface area contributed by atoms with Crippen LogP contribution in [0, 0.1) is 11.3 Å². The Labute approximate surface area is 211 Å². The van der Waals surface area contributed by atoms with Gasteiger partial charge in [0.25, 0.3) is 0 Å². The minimum Gasteiger partial charge on any atom is -0.368 e. The SMILES string of the molecule is C[C@@H]1CN(c2ccc(C#N)c3ncccc23)C[C@@H]2C[C@H](c3ccc(N4C[C@@H](N)[C@@H](F)C4)nc3)CCN21. The van der Waals surface area contributed by atoms with Gasteiger partial charge in [0.2, 0.25) is 0 Å². The fourth-order valence-electron chi connectivity index (χ4n) is 6.41. The first-order valence-corrected chi connectivity index (χ1v) is 12.9. The van der Waals surface area contributed by atoms with Gasteiger partial charge in [-0.15, -0.1) is 0 Å². The number of hydrogen-bond donors (Lipinski definition) is 1. The molecule has 1 aromatic carbocycles. The zero-order valence-electron chi connectivity index (χ0n) is 20.6. The van der Waals surface area contributed by atoms with Gasteiger partial charge in [-0.05, 0) is 68.1 Å². The van der Waals surface area contributed by atoms with Crippen molar-refractivity contribution in [3.8, 4) is 6.07 Å². The number of nitrogens with two attached hydrogens (primary N) is 1. The fourth-order valence-corrected chi connectivity index (χ4v) is 6.41. The standard InChI is InChI=1S/C28H32FN7/c1-18-14-34(26-6-4-20(12-30)28-23(26)3-2-9-32-28)15-22-11-19(8-10-36(18)22)21-5-7-27(33-13-21)35-16-24(29)25(31)17-35/h2-7,9,13,18-19,22,24-25H,8,10-11,14-17,31H2,1H3/t18-,19-,22+,24+,25-/m1/s1. The lowest BCUT2D eigenvalue weighted by Crippen LogP contribution is -2.60. The second-order valence-corrected chi connectivity index (χ2v) is 10.5. The van der Waals surface area contributed by atoms with E-state index >= 15 is 0 Å². The summed E-state index contributed by atoms with van der Waals surface area (Å²) in [5.41, 5.74) is 9.67. The highest BCUT2D eigenvalue weighted by Gasteiger charge is 2.38. The third kappa shape index (κ3) is 4.06. The van der Waals surface area contributed by atoms with E-state index in [4.69, 9.17) is 5.73 Å². The smallest absolute Gasteiger partial charge is 0.134 e. The van der Waals surface area contributed by atoms with E-state index in [9.17, 15) is 9.65 Å². The van der Waals surface area contributed by atoms with Gasteiger partial charge in [0.05, 0.1) is 23.7 Å². The molecule has 3 fully saturated rings. The number of piperazine rings is 1. The predicted octanol–water partition coefficient (Wildman–Crippen LogP) is 3.44. The molecule has 2 aromatic heterocycles. The Morgan fingerprint density at radius 2 is 1.94 bits per heavy atom. The normalized spacial score (nSPS) is 28.8. The first-order chi connectivity index (χ1) is 17.5. The van der Waals surface area contributed by atoms with Crippen LogP contribution in [-0.4, -0.2) is 71.9 Å². The number of pyridine rings is 2. The average molecular weight is 486 g/mol. The highest BCUT2D eigenvalue weighted by Crippen LogP contribution is 2.38. The minimum atomic E-state index is -0.990. The summed E-state index contributed by atoms with van der Waals surface area (Å²) in [4.78, 5) is 16.3. The summed E-state index contributed by atoms with van der Waals surface area (Å²) in [5.74, 6) is 1.26. The van der Waals surface area contributed by atoms with Crippen molar-refractivity contribution in [2.45, 2.75) is 50.0 Å². The Kier molecular flexibility index (Phi) is 5.98. The van der Waals surface area contributed by atoms with Crippen LogP contribution in [0.2, 0.25) is 0 Å². The van der Waals surface area contributed by atoms with Crippen molar-refractivity contribution in [2.75, 3.05) is 42.5 Å². The summed E-state index contributed by atoms with van der Waals surface area (Å²) in [6, 6.07) is 14.9. The third-order valence-electron chi connectivity index (χ3n) is 8.31. The number of alkyl halides is 1. The molecule has 8 heteroatoms. The van der Waals surface area contributed by atoms with Gasteiger partial charge in [0, 0.05) is 55.2 Å². The highest BCUT2D eigenvalue weighted by molar-refractivity contribution is 5.95. The molecule has 5 atom stereocenters. The number of hydrogen-bond acceptors (Lipinski definition) is 7. The summed E-state index contributed by atoms with van der Waals surface area (Å²) in [7, 11) is 0. The summed E-state index contributed by atoms with van der Waals surface area (Å²) in [6.45, 7) is 6.14. The zero-order valence-corrected chi connectivity index (χ0v) is 20.6. The molecule has 0 aliphatic carbocycles. The largest absolute Gasteiger partial charge is 0.368 e. The van der Waals surface area contributed by atoms with Crippen molar-refractivity contribution in [3.63, 3.8) is 0 Å². The maximum Gasteiger partial charge on any atom is 0.134 e. The minimum absolute atomic E-state index is 0.321. The van der Waals surface area contributed by atoms with E-state index in [1.165, 1.54) is 5.56 Å². The Bertz CT molecular complexity index is 1280. The molecule has 3 aliphatic rings. The maximum absolute atomic E-state index is 13.9. The van der Waals surface area contributed by atoms with Crippen LogP contribution >= 0.6 is 0 Å². The van der Waals surface area contributed by atoms with Crippen molar-refractivity contribution >= 4 is 22.4 Å². The molecule has 6 rings (SSSR count). The van der Waals surface area contributed by atoms with Crippen LogP contribution in [0.5, 0.6) is 0 Å². The van der Waals surface area contributed by atoms with Gasteiger partial charge in [-0.25, -0.2) is 9.37 Å². The van der Waals surface area contributed by atoms with Crippen molar-refractivity contribution in [1.29, 1.82) is 5.26 Å². The molecule has 0 radical (unpaired) electrons. The van der Waals surface area contributed by atoms with E-state index in [0.29, 0.717) is 36.7 Å². The van der Waals surface area contributed by atoms with Crippen molar-refractivity contribution < 1.29 is 4.39 Å². The van der Waals surface area contributed by atoms with Crippen molar-refractivity contribution in [1.82, 2.24) is 14.9 Å². The van der Waals surface area contributed by atoms with E-state index < -0.39 is 12.2 Å². The molecular formula is C28H32FN7. The Morgan fingerprint density at radius 1 is 1.06 bits per heavy atom. The Balaban J connectivity index is 1.20. The molecule has 0 amide bonds. The van der Waals surface area contributed by atoms with Crippen LogP contribution in [-0.2, 0) is 0 Å². The van der Waals surface area contributed by atoms with Crippen molar-refractivity contribution in [3.05, 3.63) is 59.9 Å². The van der Waals surface area contributed by atoms with Crippen LogP contribution < -0.4 is 15.5 Å². The molecule has 3 aliphatic heterocycles. The molecule has 2 N–H and O–H groups in total. The number of aromatic nitrogens is 2. The Hall–Kier alpha value is -3.28. The van der Waals surface area contributed by atoms with Crippen molar-refractivity contribution in [2.24, 2.45) is 5.73 Å². The predicted molar refractivity (Wildman–Crippen MR) is 140 cm³/mol. The second kappa shape index (κ2) is 9.30. The third-order valence-corrected chi connectivity index (χ3v) is 8.31. The average Bonchev–Trinajstić information content (AvgIpc) is 3.25. The quantitative estimate of drug-likeness (QED) is 0.608. The highest BCUT2D eigenvalue weighted by atomic mass is 19.1. The van der Waals surface area contributed by atoms with Gasteiger partial charge in [0.1, 0.15) is 18.1 Å². The lowest BCUT2D eigenvalue weighted by Gasteiger charge is -2.50. The number of anilines is 2. The first-order valence-electron chi connectivity index (χ1n) is 12.9. The molecule has 3 aromatic rings. The molecule has 0 unspecified atom stereocenters. The fraction of sp³-hybridized carbons (Fsp3) is 0.464.